The average Bonchev–Trinajstić information content (AvgIpc) is 3.09. The zero-order chi connectivity index (χ0) is 19.2. The molecule has 1 heterocycles. The summed E-state index contributed by atoms with van der Waals surface area (Å²) in [4.78, 5) is 27.7. The molecule has 1 aliphatic heterocycles. The largest absolute Gasteiger partial charge is 0.491 e. The molecule has 0 bridgehead atoms. The summed E-state index contributed by atoms with van der Waals surface area (Å²) in [5.74, 6) is 1.07. The predicted octanol–water partition coefficient (Wildman–Crippen LogP) is 3.20. The number of anilines is 1. The SMILES string of the molecule is Cc1ccccc1OCCN(C)C(=O)Cc1ccc(N2CCCC2=O)cc1. The number of rotatable bonds is 7. The van der Waals surface area contributed by atoms with Gasteiger partial charge in [-0.15, -0.1) is 0 Å². The number of carbonyl (C=O) groups is 2. The number of amides is 2. The summed E-state index contributed by atoms with van der Waals surface area (Å²) in [6.07, 6.45) is 1.87. The third kappa shape index (κ3) is 4.88. The molecular weight excluding hydrogens is 340 g/mol. The second kappa shape index (κ2) is 8.71. The Kier molecular flexibility index (Phi) is 6.12. The van der Waals surface area contributed by atoms with Crippen molar-refractivity contribution in [3.8, 4) is 5.75 Å². The van der Waals surface area contributed by atoms with E-state index >= 15 is 0 Å². The van der Waals surface area contributed by atoms with Gasteiger partial charge in [-0.2, -0.15) is 0 Å². The van der Waals surface area contributed by atoms with Crippen LogP contribution in [0.2, 0.25) is 0 Å². The molecule has 0 radical (unpaired) electrons. The molecule has 2 aromatic carbocycles. The van der Waals surface area contributed by atoms with Crippen molar-refractivity contribution in [1.29, 1.82) is 0 Å². The number of hydrogen-bond donors (Lipinski definition) is 0. The lowest BCUT2D eigenvalue weighted by Crippen LogP contribution is -2.32. The maximum Gasteiger partial charge on any atom is 0.227 e. The van der Waals surface area contributed by atoms with Gasteiger partial charge in [0.25, 0.3) is 0 Å². The first-order valence-corrected chi connectivity index (χ1v) is 9.36. The highest BCUT2D eigenvalue weighted by atomic mass is 16.5. The Balaban J connectivity index is 1.47. The van der Waals surface area contributed by atoms with Crippen molar-refractivity contribution in [3.63, 3.8) is 0 Å². The monoisotopic (exact) mass is 366 g/mol. The maximum atomic E-state index is 12.4. The molecule has 1 saturated heterocycles. The minimum absolute atomic E-state index is 0.0494. The van der Waals surface area contributed by atoms with Crippen LogP contribution in [0.3, 0.4) is 0 Å². The van der Waals surface area contributed by atoms with Gasteiger partial charge in [0.15, 0.2) is 0 Å². The quantitative estimate of drug-likeness (QED) is 0.756. The lowest BCUT2D eigenvalue weighted by Gasteiger charge is -2.19. The van der Waals surface area contributed by atoms with Gasteiger partial charge in [-0.3, -0.25) is 9.59 Å². The molecule has 1 aliphatic rings. The summed E-state index contributed by atoms with van der Waals surface area (Å²) < 4.78 is 5.76. The van der Waals surface area contributed by atoms with E-state index in [2.05, 4.69) is 0 Å². The molecule has 5 nitrogen and oxygen atoms in total. The Labute approximate surface area is 160 Å². The van der Waals surface area contributed by atoms with Gasteiger partial charge in [0.2, 0.25) is 11.8 Å². The number of nitrogens with zero attached hydrogens (tertiary/aromatic N) is 2. The van der Waals surface area contributed by atoms with Crippen molar-refractivity contribution in [2.45, 2.75) is 26.2 Å². The van der Waals surface area contributed by atoms with Gasteiger partial charge in [-0.25, -0.2) is 0 Å². The minimum atomic E-state index is 0.0494. The van der Waals surface area contributed by atoms with Gasteiger partial charge in [0.05, 0.1) is 13.0 Å². The number of ether oxygens (including phenoxy) is 1. The molecule has 3 rings (SSSR count). The Hall–Kier alpha value is -2.82. The molecule has 142 valence electrons. The molecule has 0 aliphatic carbocycles. The number of hydrogen-bond acceptors (Lipinski definition) is 3. The van der Waals surface area contributed by atoms with E-state index in [-0.39, 0.29) is 11.8 Å². The van der Waals surface area contributed by atoms with Crippen LogP contribution in [0, 0.1) is 6.92 Å². The van der Waals surface area contributed by atoms with E-state index < -0.39 is 0 Å². The molecular formula is C22H26N2O3. The van der Waals surface area contributed by atoms with Crippen LogP contribution in [-0.4, -0.2) is 43.5 Å². The first-order valence-electron chi connectivity index (χ1n) is 9.36. The van der Waals surface area contributed by atoms with Gasteiger partial charge in [-0.05, 0) is 42.7 Å². The fourth-order valence-corrected chi connectivity index (χ4v) is 3.16. The lowest BCUT2D eigenvalue weighted by atomic mass is 10.1. The first-order chi connectivity index (χ1) is 13.0. The van der Waals surface area contributed by atoms with Crippen LogP contribution >= 0.6 is 0 Å². The van der Waals surface area contributed by atoms with Crippen molar-refractivity contribution >= 4 is 17.5 Å². The van der Waals surface area contributed by atoms with Crippen molar-refractivity contribution < 1.29 is 14.3 Å². The van der Waals surface area contributed by atoms with Crippen LogP contribution in [-0.2, 0) is 16.0 Å². The van der Waals surface area contributed by atoms with E-state index in [1.165, 1.54) is 0 Å². The Morgan fingerprint density at radius 3 is 2.56 bits per heavy atom. The average molecular weight is 366 g/mol. The molecule has 0 unspecified atom stereocenters. The van der Waals surface area contributed by atoms with Crippen molar-refractivity contribution in [2.75, 3.05) is 31.6 Å². The summed E-state index contributed by atoms with van der Waals surface area (Å²) in [6, 6.07) is 15.6. The third-order valence-electron chi connectivity index (χ3n) is 4.88. The fourth-order valence-electron chi connectivity index (χ4n) is 3.16. The van der Waals surface area contributed by atoms with Crippen LogP contribution in [0.25, 0.3) is 0 Å². The molecule has 0 saturated carbocycles. The second-order valence-corrected chi connectivity index (χ2v) is 6.92. The second-order valence-electron chi connectivity index (χ2n) is 6.92. The topological polar surface area (TPSA) is 49.9 Å². The molecule has 27 heavy (non-hydrogen) atoms. The summed E-state index contributed by atoms with van der Waals surface area (Å²) in [5, 5.41) is 0. The van der Waals surface area contributed by atoms with Gasteiger partial charge < -0.3 is 14.5 Å². The zero-order valence-corrected chi connectivity index (χ0v) is 16.0. The summed E-state index contributed by atoms with van der Waals surface area (Å²) >= 11 is 0. The number of benzene rings is 2. The highest BCUT2D eigenvalue weighted by Crippen LogP contribution is 2.22. The molecule has 0 spiro atoms. The van der Waals surface area contributed by atoms with E-state index in [1.54, 1.807) is 16.8 Å². The first kappa shape index (κ1) is 19.0. The fraction of sp³-hybridized carbons (Fsp3) is 0.364. The van der Waals surface area contributed by atoms with E-state index in [4.69, 9.17) is 4.74 Å². The Morgan fingerprint density at radius 1 is 1.15 bits per heavy atom. The van der Waals surface area contributed by atoms with Crippen molar-refractivity contribution in [3.05, 3.63) is 59.7 Å². The van der Waals surface area contributed by atoms with E-state index in [0.29, 0.717) is 26.0 Å². The smallest absolute Gasteiger partial charge is 0.227 e. The van der Waals surface area contributed by atoms with Gasteiger partial charge in [-0.1, -0.05) is 30.3 Å². The minimum Gasteiger partial charge on any atom is -0.491 e. The van der Waals surface area contributed by atoms with Crippen LogP contribution in [0.15, 0.2) is 48.5 Å². The van der Waals surface area contributed by atoms with Gasteiger partial charge in [0, 0.05) is 25.7 Å². The van der Waals surface area contributed by atoms with E-state index in [9.17, 15) is 9.59 Å². The molecule has 2 aromatic rings. The van der Waals surface area contributed by atoms with Crippen LogP contribution in [0.4, 0.5) is 5.69 Å². The van der Waals surface area contributed by atoms with Gasteiger partial charge in [0.1, 0.15) is 12.4 Å². The molecule has 5 heteroatoms. The highest BCUT2D eigenvalue weighted by molar-refractivity contribution is 5.95. The lowest BCUT2D eigenvalue weighted by molar-refractivity contribution is -0.129. The van der Waals surface area contributed by atoms with Crippen molar-refractivity contribution in [1.82, 2.24) is 4.90 Å². The highest BCUT2D eigenvalue weighted by Gasteiger charge is 2.21. The van der Waals surface area contributed by atoms with Crippen molar-refractivity contribution in [2.24, 2.45) is 0 Å². The normalized spacial score (nSPS) is 13.7. The summed E-state index contributed by atoms with van der Waals surface area (Å²) in [5.41, 5.74) is 2.94. The molecule has 0 N–H and O–H groups in total. The van der Waals surface area contributed by atoms with E-state index in [1.807, 2.05) is 55.5 Å². The number of likely N-dealkylation sites (N-methyl/N-ethyl adjacent to an activating group) is 1. The Bertz CT molecular complexity index is 801. The molecule has 2 amide bonds. The van der Waals surface area contributed by atoms with Crippen LogP contribution in [0.5, 0.6) is 5.75 Å². The number of aryl methyl sites for hydroxylation is 1. The van der Waals surface area contributed by atoms with Gasteiger partial charge >= 0.3 is 0 Å². The number of para-hydroxylation sites is 1. The van der Waals surface area contributed by atoms with E-state index in [0.717, 1.165) is 35.5 Å². The Morgan fingerprint density at radius 2 is 1.89 bits per heavy atom. The third-order valence-corrected chi connectivity index (χ3v) is 4.88. The molecule has 0 atom stereocenters. The molecule has 0 aromatic heterocycles. The summed E-state index contributed by atoms with van der Waals surface area (Å²) in [6.45, 7) is 3.78. The summed E-state index contributed by atoms with van der Waals surface area (Å²) in [7, 11) is 1.79. The molecule has 1 fully saturated rings. The predicted molar refractivity (Wildman–Crippen MR) is 106 cm³/mol. The maximum absolute atomic E-state index is 12.4. The van der Waals surface area contributed by atoms with Crippen LogP contribution < -0.4 is 9.64 Å². The van der Waals surface area contributed by atoms with Crippen LogP contribution in [0.1, 0.15) is 24.0 Å². The zero-order valence-electron chi connectivity index (χ0n) is 16.0. The number of carbonyl (C=O) groups excluding carboxylic acids is 2. The standard InChI is InChI=1S/C22H26N2O3/c1-17-6-3-4-7-20(17)27-15-14-23(2)22(26)16-18-9-11-19(12-10-18)24-13-5-8-21(24)25/h3-4,6-7,9-12H,5,8,13-16H2,1-2H3.